The molecule has 0 saturated heterocycles. The molecular weight excluding hydrogens is 251 g/mol. The van der Waals surface area contributed by atoms with E-state index >= 15 is 0 Å². The topological polar surface area (TPSA) is 18.5 Å². The van der Waals surface area contributed by atoms with Crippen LogP contribution in [0.1, 0.15) is 20.8 Å². The zero-order chi connectivity index (χ0) is 11.7. The largest absolute Gasteiger partial charge is 0.378 e. The maximum atomic E-state index is 6.48. The third-order valence-electron chi connectivity index (χ3n) is 2.56. The Bertz CT molecular complexity index is 154. The quantitative estimate of drug-likeness (QED) is 0.275. The van der Waals surface area contributed by atoms with Gasteiger partial charge in [0.2, 0.25) is 0 Å². The maximum Gasteiger partial charge on any atom is 0.158 e. The van der Waals surface area contributed by atoms with Gasteiger partial charge in [0, 0.05) is 13.2 Å². The van der Waals surface area contributed by atoms with Gasteiger partial charge in [0.25, 0.3) is 0 Å². The van der Waals surface area contributed by atoms with Crippen LogP contribution in [0, 0.1) is 0 Å². The minimum Gasteiger partial charge on any atom is -0.378 e. The van der Waals surface area contributed by atoms with E-state index < -0.39 is 7.38 Å². The van der Waals surface area contributed by atoms with Crippen molar-refractivity contribution in [1.82, 2.24) is 0 Å². The van der Waals surface area contributed by atoms with E-state index in [1.54, 1.807) is 0 Å². The summed E-state index contributed by atoms with van der Waals surface area (Å²) in [5, 5.41) is 0. The summed E-state index contributed by atoms with van der Waals surface area (Å²) < 4.78 is 10.6. The van der Waals surface area contributed by atoms with E-state index in [0.717, 1.165) is 18.1 Å². The van der Waals surface area contributed by atoms with Gasteiger partial charge in [0.15, 0.2) is 12.9 Å². The van der Waals surface area contributed by atoms with Gasteiger partial charge < -0.3 is 9.47 Å². The minimum absolute atomic E-state index is 0.329. The summed E-state index contributed by atoms with van der Waals surface area (Å²) in [6, 6.07) is 3.20. The van der Waals surface area contributed by atoms with Crippen LogP contribution in [0.15, 0.2) is 0 Å². The molecule has 0 amide bonds. The number of rotatable bonds is 9. The van der Waals surface area contributed by atoms with E-state index in [9.17, 15) is 0 Å². The molecule has 0 aliphatic heterocycles. The van der Waals surface area contributed by atoms with Crippen molar-refractivity contribution in [1.29, 1.82) is 0 Å². The summed E-state index contributed by atoms with van der Waals surface area (Å²) in [5.74, 6) is 0. The fourth-order valence-electron chi connectivity index (χ4n) is 1.26. The molecule has 0 N–H and O–H groups in total. The van der Waals surface area contributed by atoms with E-state index in [2.05, 4.69) is 13.8 Å². The first-order chi connectivity index (χ1) is 7.08. The van der Waals surface area contributed by atoms with Gasteiger partial charge in [-0.2, -0.15) is 11.1 Å². The van der Waals surface area contributed by atoms with Crippen LogP contribution in [0.5, 0.6) is 0 Å². The van der Waals surface area contributed by atoms with Crippen LogP contribution in [0.3, 0.4) is 0 Å². The highest BCUT2D eigenvalue weighted by atomic mass is 35.6. The van der Waals surface area contributed by atoms with E-state index in [4.69, 9.17) is 32.2 Å². The highest BCUT2D eigenvalue weighted by Crippen LogP contribution is 2.24. The second-order valence-electron chi connectivity index (χ2n) is 3.55. The Morgan fingerprint density at radius 2 is 1.80 bits per heavy atom. The summed E-state index contributed by atoms with van der Waals surface area (Å²) >= 11 is 12.3. The Balaban J connectivity index is 3.52. The van der Waals surface area contributed by atoms with Gasteiger partial charge in [0.1, 0.15) is 0 Å². The zero-order valence-corrected chi connectivity index (χ0v) is 12.4. The van der Waals surface area contributed by atoms with Gasteiger partial charge >= 0.3 is 0 Å². The predicted molar refractivity (Wildman–Crippen MR) is 69.5 cm³/mol. The molecule has 15 heavy (non-hydrogen) atoms. The molecule has 0 rings (SSSR count). The second-order valence-corrected chi connectivity index (χ2v) is 10.7. The monoisotopic (exact) mass is 272 g/mol. The molecular formula is C10H22Cl2O2Si. The number of hydrogen-bond acceptors (Lipinski definition) is 2. The lowest BCUT2D eigenvalue weighted by Crippen LogP contribution is -2.27. The normalized spacial score (nSPS) is 14.2. The van der Waals surface area contributed by atoms with Crippen LogP contribution >= 0.6 is 22.7 Å². The third-order valence-corrected chi connectivity index (χ3v) is 8.62. The Labute approximate surface area is 104 Å². The van der Waals surface area contributed by atoms with Crippen molar-refractivity contribution in [3.63, 3.8) is 0 Å². The fourth-order valence-corrected chi connectivity index (χ4v) is 3.43. The molecule has 92 valence electrons. The van der Waals surface area contributed by atoms with Crippen molar-refractivity contribution in [2.45, 2.75) is 44.5 Å². The van der Waals surface area contributed by atoms with E-state index in [-0.39, 0.29) is 5.56 Å². The van der Waals surface area contributed by atoms with Gasteiger partial charge in [-0.3, -0.25) is 0 Å². The van der Waals surface area contributed by atoms with Gasteiger partial charge in [0.05, 0.1) is 6.61 Å². The van der Waals surface area contributed by atoms with Gasteiger partial charge in [-0.15, -0.1) is 0 Å². The number of halogens is 2. The summed E-state index contributed by atoms with van der Waals surface area (Å²) in [4.78, 5) is 0. The van der Waals surface area contributed by atoms with Crippen molar-refractivity contribution in [2.24, 2.45) is 0 Å². The van der Waals surface area contributed by atoms with Crippen LogP contribution in [0.2, 0.25) is 18.1 Å². The molecule has 2 nitrogen and oxygen atoms in total. The highest BCUT2D eigenvalue weighted by Gasteiger charge is 2.25. The van der Waals surface area contributed by atoms with Crippen LogP contribution in [0.4, 0.5) is 0 Å². The molecule has 0 bridgehead atoms. The summed E-state index contributed by atoms with van der Waals surface area (Å²) in [5.41, 5.74) is -0.329. The standard InChI is InChI=1S/C10H22Cl2O2Si/c1-4-14-10(11)9-13-7-8-15(12,5-2)6-3/h10H,4-9H2,1-3H3. The predicted octanol–water partition coefficient (Wildman–Crippen LogP) is 3.83. The van der Waals surface area contributed by atoms with Crippen molar-refractivity contribution in [3.8, 4) is 0 Å². The Morgan fingerprint density at radius 1 is 1.20 bits per heavy atom. The number of hydrogen-bond donors (Lipinski definition) is 0. The summed E-state index contributed by atoms with van der Waals surface area (Å²) in [6.07, 6.45) is 0. The second kappa shape index (κ2) is 8.82. The molecule has 0 aromatic rings. The first-order valence-electron chi connectivity index (χ1n) is 5.60. The van der Waals surface area contributed by atoms with Crippen molar-refractivity contribution < 1.29 is 9.47 Å². The Hall–Kier alpha value is 0.717. The first kappa shape index (κ1) is 15.7. The smallest absolute Gasteiger partial charge is 0.158 e. The molecule has 0 heterocycles. The number of ether oxygens (including phenoxy) is 2. The lowest BCUT2D eigenvalue weighted by Gasteiger charge is -2.20. The van der Waals surface area contributed by atoms with Crippen LogP contribution in [-0.4, -0.2) is 32.8 Å². The lowest BCUT2D eigenvalue weighted by molar-refractivity contribution is 0.0348. The molecule has 0 aromatic carbocycles. The Kier molecular flexibility index (Phi) is 9.24. The lowest BCUT2D eigenvalue weighted by atomic mass is 10.7. The maximum absolute atomic E-state index is 6.48. The third kappa shape index (κ3) is 7.58. The molecule has 5 heteroatoms. The average Bonchev–Trinajstić information content (AvgIpc) is 2.24. The molecule has 0 radical (unpaired) electrons. The van der Waals surface area contributed by atoms with E-state index in [0.29, 0.717) is 19.8 Å². The van der Waals surface area contributed by atoms with Gasteiger partial charge in [-0.25, -0.2) is 0 Å². The molecule has 0 aliphatic rings. The fraction of sp³-hybridized carbons (Fsp3) is 1.00. The molecule has 0 aliphatic carbocycles. The van der Waals surface area contributed by atoms with Crippen molar-refractivity contribution in [3.05, 3.63) is 0 Å². The minimum atomic E-state index is -1.52. The van der Waals surface area contributed by atoms with E-state index in [1.807, 2.05) is 6.92 Å². The van der Waals surface area contributed by atoms with Crippen LogP contribution in [-0.2, 0) is 9.47 Å². The van der Waals surface area contributed by atoms with Gasteiger partial charge in [-0.1, -0.05) is 25.4 Å². The molecule has 1 atom stereocenters. The SMILES string of the molecule is CCOC(Cl)COCC[Si](Cl)(CC)CC. The van der Waals surface area contributed by atoms with Crippen LogP contribution in [0.25, 0.3) is 0 Å². The van der Waals surface area contributed by atoms with Crippen molar-refractivity contribution in [2.75, 3.05) is 19.8 Å². The molecule has 0 saturated carbocycles. The van der Waals surface area contributed by atoms with E-state index in [1.165, 1.54) is 0 Å². The summed E-state index contributed by atoms with van der Waals surface area (Å²) in [7, 11) is -1.52. The Morgan fingerprint density at radius 3 is 2.27 bits per heavy atom. The average molecular weight is 273 g/mol. The number of alkyl halides is 1. The molecule has 0 fully saturated rings. The highest BCUT2D eigenvalue weighted by molar-refractivity contribution is 7.20. The molecule has 0 aromatic heterocycles. The first-order valence-corrected chi connectivity index (χ1v) is 9.67. The van der Waals surface area contributed by atoms with Crippen molar-refractivity contribution >= 4 is 30.1 Å². The summed E-state index contributed by atoms with van der Waals surface area (Å²) in [6.45, 7) is 8.01. The van der Waals surface area contributed by atoms with Crippen LogP contribution < -0.4 is 0 Å². The molecule has 0 spiro atoms. The molecule has 1 unspecified atom stereocenters. The van der Waals surface area contributed by atoms with Gasteiger partial charge in [-0.05, 0) is 25.1 Å². The zero-order valence-electron chi connectivity index (χ0n) is 9.89.